The molecule has 18 nitrogen and oxygen atoms in total. The predicted molar refractivity (Wildman–Crippen MR) is 136 cm³/mol. The SMILES string of the molecule is NCCCn1nnnc1SCC1=C(C(=O)O)N2C(=O)C(NC(=O)/C(=N\OCC(=O)O)c3nsc(N)n3)[C@H]2SC1. The Kier molecular flexibility index (Phi) is 8.93. The fraction of sp³-hybridized carbons (Fsp3) is 0.444. The average molecular weight is 600 g/mol. The molecule has 0 aromatic carbocycles. The summed E-state index contributed by atoms with van der Waals surface area (Å²) in [7, 11) is 0. The van der Waals surface area contributed by atoms with E-state index in [2.05, 4.69) is 40.2 Å². The molecule has 39 heavy (non-hydrogen) atoms. The Balaban J connectivity index is 1.47. The van der Waals surface area contributed by atoms with E-state index in [4.69, 9.17) is 16.6 Å². The molecule has 21 heteroatoms. The number of tetrazole rings is 1. The number of carbonyl (C=O) groups is 4. The molecule has 1 unspecified atom stereocenters. The molecule has 2 aromatic heterocycles. The van der Waals surface area contributed by atoms with Crippen molar-refractivity contribution in [2.45, 2.75) is 29.5 Å². The maximum Gasteiger partial charge on any atom is 0.352 e. The second-order valence-corrected chi connectivity index (χ2v) is 10.6. The quantitative estimate of drug-likeness (QED) is 0.0706. The third-order valence-corrected chi connectivity index (χ3v) is 8.12. The molecule has 1 saturated heterocycles. The smallest absolute Gasteiger partial charge is 0.352 e. The molecule has 2 aliphatic rings. The minimum absolute atomic E-state index is 0.0208. The number of carbonyl (C=O) groups excluding carboxylic acids is 2. The molecule has 7 N–H and O–H groups in total. The van der Waals surface area contributed by atoms with Crippen molar-refractivity contribution in [3.8, 4) is 0 Å². The second-order valence-electron chi connectivity index (χ2n) is 7.80. The molecule has 0 bridgehead atoms. The molecular formula is C18H21N11O7S3. The number of amides is 2. The van der Waals surface area contributed by atoms with Crippen molar-refractivity contribution in [1.82, 2.24) is 39.8 Å². The number of nitrogens with zero attached hydrogens (tertiary/aromatic N) is 8. The van der Waals surface area contributed by atoms with Gasteiger partial charge in [-0.05, 0) is 29.0 Å². The van der Waals surface area contributed by atoms with E-state index in [1.54, 1.807) is 4.68 Å². The third-order valence-electron chi connectivity index (χ3n) is 5.20. The van der Waals surface area contributed by atoms with Crippen molar-refractivity contribution in [2.24, 2.45) is 10.9 Å². The first-order chi connectivity index (χ1) is 18.7. The Bertz CT molecular complexity index is 1340. The van der Waals surface area contributed by atoms with Crippen molar-refractivity contribution >= 4 is 69.7 Å². The summed E-state index contributed by atoms with van der Waals surface area (Å²) >= 11 is 3.27. The summed E-state index contributed by atoms with van der Waals surface area (Å²) in [5.74, 6) is -3.93. The highest BCUT2D eigenvalue weighted by Gasteiger charge is 2.54. The molecule has 2 aliphatic heterocycles. The summed E-state index contributed by atoms with van der Waals surface area (Å²) in [5.41, 5.74) is 10.9. The first-order valence-electron chi connectivity index (χ1n) is 11.0. The minimum atomic E-state index is -1.33. The summed E-state index contributed by atoms with van der Waals surface area (Å²) < 4.78 is 5.44. The first-order valence-corrected chi connectivity index (χ1v) is 13.8. The van der Waals surface area contributed by atoms with E-state index >= 15 is 0 Å². The molecule has 4 heterocycles. The van der Waals surface area contributed by atoms with Crippen molar-refractivity contribution < 1.29 is 34.2 Å². The summed E-state index contributed by atoms with van der Waals surface area (Å²) in [6, 6.07) is -1.09. The van der Waals surface area contributed by atoms with Gasteiger partial charge in [-0.2, -0.15) is 9.36 Å². The standard InChI is InChI=1S/C18H21N11O7S3/c19-2-1-3-28-18(23-26-27-28)38-6-7-5-37-15-10(14(33)29(15)11(7)16(34)35)21-13(32)9(24-36-4-8(30)31)12-22-17(20)39-25-12/h10,15H,1-6,19H2,(H,21,32)(H,30,31)(H,34,35)(H2,20,22,25)/b24-9-/t10?,15-/m1/s1. The van der Waals surface area contributed by atoms with Gasteiger partial charge < -0.3 is 31.8 Å². The molecular weight excluding hydrogens is 578 g/mol. The molecule has 2 aromatic rings. The van der Waals surface area contributed by atoms with Crippen LogP contribution in [0.5, 0.6) is 0 Å². The predicted octanol–water partition coefficient (Wildman–Crippen LogP) is -2.21. The van der Waals surface area contributed by atoms with E-state index in [0.717, 1.165) is 16.4 Å². The Labute approximate surface area is 231 Å². The van der Waals surface area contributed by atoms with Crippen LogP contribution >= 0.6 is 35.1 Å². The van der Waals surface area contributed by atoms with E-state index in [0.29, 0.717) is 30.2 Å². The van der Waals surface area contributed by atoms with Gasteiger partial charge in [0, 0.05) is 29.6 Å². The highest BCUT2D eigenvalue weighted by molar-refractivity contribution is 8.01. The lowest BCUT2D eigenvalue weighted by atomic mass is 10.0. The van der Waals surface area contributed by atoms with E-state index in [-0.39, 0.29) is 28.2 Å². The van der Waals surface area contributed by atoms with Gasteiger partial charge >= 0.3 is 11.9 Å². The lowest BCUT2D eigenvalue weighted by molar-refractivity contribution is -0.150. The number of rotatable bonds is 13. The first kappa shape index (κ1) is 28.2. The molecule has 2 amide bonds. The van der Waals surface area contributed by atoms with Gasteiger partial charge in [0.2, 0.25) is 23.3 Å². The van der Waals surface area contributed by atoms with Crippen molar-refractivity contribution in [1.29, 1.82) is 0 Å². The average Bonchev–Trinajstić information content (AvgIpc) is 3.54. The van der Waals surface area contributed by atoms with Gasteiger partial charge in [-0.1, -0.05) is 16.9 Å². The molecule has 1 fully saturated rings. The van der Waals surface area contributed by atoms with Crippen LogP contribution in [-0.4, -0.2) is 110 Å². The zero-order valence-corrected chi connectivity index (χ0v) is 22.2. The van der Waals surface area contributed by atoms with Crippen molar-refractivity contribution in [2.75, 3.05) is 30.4 Å². The zero-order chi connectivity index (χ0) is 28.1. The number of carboxylic acid groups (broad SMARTS) is 2. The third kappa shape index (κ3) is 6.26. The van der Waals surface area contributed by atoms with E-state index < -0.39 is 47.5 Å². The van der Waals surface area contributed by atoms with Gasteiger partial charge in [-0.25, -0.2) is 14.3 Å². The fourth-order valence-corrected chi connectivity index (χ4v) is 6.33. The summed E-state index contributed by atoms with van der Waals surface area (Å²) in [6.07, 6.45) is 0.665. The van der Waals surface area contributed by atoms with Gasteiger partial charge in [-0.3, -0.25) is 14.5 Å². The van der Waals surface area contributed by atoms with E-state index in [9.17, 15) is 24.3 Å². The number of aryl methyl sites for hydroxylation is 1. The highest BCUT2D eigenvalue weighted by atomic mass is 32.2. The number of nitrogen functional groups attached to an aromatic ring is 1. The highest BCUT2D eigenvalue weighted by Crippen LogP contribution is 2.41. The number of carboxylic acids is 2. The Morgan fingerprint density at radius 1 is 1.31 bits per heavy atom. The van der Waals surface area contributed by atoms with Crippen molar-refractivity contribution in [3.05, 3.63) is 17.1 Å². The number of hydrogen-bond donors (Lipinski definition) is 5. The number of thioether (sulfide) groups is 2. The molecule has 0 radical (unpaired) electrons. The maximum absolute atomic E-state index is 13.0. The van der Waals surface area contributed by atoms with Crippen LogP contribution in [0.1, 0.15) is 12.2 Å². The second kappa shape index (κ2) is 12.4. The van der Waals surface area contributed by atoms with Gasteiger partial charge in [0.1, 0.15) is 17.1 Å². The van der Waals surface area contributed by atoms with Crippen LogP contribution in [0.15, 0.2) is 21.6 Å². The lowest BCUT2D eigenvalue weighted by Gasteiger charge is -2.49. The summed E-state index contributed by atoms with van der Waals surface area (Å²) in [5, 5.41) is 35.9. The summed E-state index contributed by atoms with van der Waals surface area (Å²) in [6.45, 7) is 0.134. The number of anilines is 1. The Morgan fingerprint density at radius 2 is 2.10 bits per heavy atom. The number of aromatic nitrogens is 6. The van der Waals surface area contributed by atoms with Crippen LogP contribution in [-0.2, 0) is 30.6 Å². The number of fused-ring (bicyclic) bond motifs is 1. The molecule has 4 rings (SSSR count). The molecule has 0 aliphatic carbocycles. The lowest BCUT2D eigenvalue weighted by Crippen LogP contribution is -2.71. The zero-order valence-electron chi connectivity index (χ0n) is 19.8. The molecule has 0 saturated carbocycles. The van der Waals surface area contributed by atoms with Gasteiger partial charge in [-0.15, -0.1) is 16.9 Å². The van der Waals surface area contributed by atoms with Gasteiger partial charge in [0.05, 0.1) is 0 Å². The molecule has 2 atom stereocenters. The number of hydrogen-bond acceptors (Lipinski definition) is 16. The van der Waals surface area contributed by atoms with Crippen LogP contribution in [0.4, 0.5) is 5.13 Å². The van der Waals surface area contributed by atoms with Crippen LogP contribution in [0.25, 0.3) is 0 Å². The van der Waals surface area contributed by atoms with Crippen LogP contribution in [0.3, 0.4) is 0 Å². The minimum Gasteiger partial charge on any atom is -0.479 e. The Morgan fingerprint density at radius 3 is 2.77 bits per heavy atom. The fourth-order valence-electron chi connectivity index (χ4n) is 3.50. The number of nitrogens with two attached hydrogens (primary N) is 2. The normalized spacial score (nSPS) is 18.9. The molecule has 0 spiro atoms. The van der Waals surface area contributed by atoms with Crippen LogP contribution < -0.4 is 16.8 Å². The summed E-state index contributed by atoms with van der Waals surface area (Å²) in [4.78, 5) is 58.5. The maximum atomic E-state index is 13.0. The van der Waals surface area contributed by atoms with Crippen molar-refractivity contribution in [3.63, 3.8) is 0 Å². The van der Waals surface area contributed by atoms with Crippen LogP contribution in [0, 0.1) is 0 Å². The number of aliphatic carboxylic acids is 2. The Hall–Kier alpha value is -3.82. The van der Waals surface area contributed by atoms with E-state index in [1.807, 2.05) is 0 Å². The number of oxime groups is 1. The topological polar surface area (TPSA) is 267 Å². The number of nitrogens with one attached hydrogen (secondary N) is 1. The monoisotopic (exact) mass is 599 g/mol. The van der Waals surface area contributed by atoms with E-state index in [1.165, 1.54) is 23.5 Å². The van der Waals surface area contributed by atoms with Crippen LogP contribution in [0.2, 0.25) is 0 Å². The number of β-lactam (4-membered cyclic amide) rings is 1. The molecule has 208 valence electrons. The van der Waals surface area contributed by atoms with Gasteiger partial charge in [0.15, 0.2) is 5.13 Å². The largest absolute Gasteiger partial charge is 0.479 e. The van der Waals surface area contributed by atoms with Gasteiger partial charge in [0.25, 0.3) is 11.8 Å².